The van der Waals surface area contributed by atoms with Crippen LogP contribution in [0.5, 0.6) is 17.4 Å². The van der Waals surface area contributed by atoms with Gasteiger partial charge in [-0.25, -0.2) is 9.97 Å². The van der Waals surface area contributed by atoms with Gasteiger partial charge in [-0.1, -0.05) is 11.6 Å². The number of aromatic nitrogens is 4. The number of benzene rings is 1. The molecule has 1 saturated heterocycles. The number of methoxy groups -OCH3 is 1. The number of H-pyrrole nitrogens is 2. The summed E-state index contributed by atoms with van der Waals surface area (Å²) in [6.45, 7) is 5.83. The number of nitrogens with one attached hydrogen (secondary N) is 2. The third-order valence-corrected chi connectivity index (χ3v) is 6.26. The van der Waals surface area contributed by atoms with E-state index in [-0.39, 0.29) is 22.9 Å². The molecule has 1 aromatic carbocycles. The third-order valence-electron chi connectivity index (χ3n) is 5.99. The van der Waals surface area contributed by atoms with Crippen LogP contribution in [0, 0.1) is 6.92 Å². The summed E-state index contributed by atoms with van der Waals surface area (Å²) in [5.74, 6) is 1.96. The number of nitrogens with zero attached hydrogens (tertiary/aromatic N) is 3. The van der Waals surface area contributed by atoms with E-state index >= 15 is 0 Å². The minimum atomic E-state index is -0.174. The van der Waals surface area contributed by atoms with Crippen LogP contribution in [-0.4, -0.2) is 63.7 Å². The minimum Gasteiger partial charge on any atom is -0.488 e. The molecule has 2 N–H and O–H groups in total. The zero-order chi connectivity index (χ0) is 25.9. The van der Waals surface area contributed by atoms with E-state index in [0.29, 0.717) is 23.7 Å². The summed E-state index contributed by atoms with van der Waals surface area (Å²) >= 11 is 6.46. The molecule has 1 aliphatic heterocycles. The Balaban J connectivity index is 1.44. The molecule has 1 atom stereocenters. The van der Waals surface area contributed by atoms with Crippen molar-refractivity contribution in [3.8, 4) is 40.2 Å². The zero-order valence-corrected chi connectivity index (χ0v) is 21.6. The van der Waals surface area contributed by atoms with Crippen LogP contribution in [0.2, 0.25) is 5.02 Å². The van der Waals surface area contributed by atoms with Crippen molar-refractivity contribution in [1.82, 2.24) is 24.8 Å². The first-order valence-corrected chi connectivity index (χ1v) is 12.4. The van der Waals surface area contributed by atoms with E-state index in [0.717, 1.165) is 48.0 Å². The molecule has 1 fully saturated rings. The molecule has 37 heavy (non-hydrogen) atoms. The Hall–Kier alpha value is -3.82. The standard InChI is InChI=1S/C27H28ClN5O4/c1-16-13-29-25(31-16)24-6-5-23(32-24)18-9-20(36-17(2)15-35-3)12-21(10-18)37-26-22(28)11-19(14-30-26)27(34)33-7-4-8-33/h5-6,9-14,17,32H,4,7-8,15H2,1-3H3,(H,29,31)/t17-/m0/s1. The number of hydrogen-bond donors (Lipinski definition) is 2. The maximum Gasteiger partial charge on any atom is 0.255 e. The Labute approximate surface area is 219 Å². The maximum absolute atomic E-state index is 12.5. The van der Waals surface area contributed by atoms with Crippen molar-refractivity contribution in [2.45, 2.75) is 26.4 Å². The number of rotatable bonds is 9. The first-order valence-electron chi connectivity index (χ1n) is 12.0. The lowest BCUT2D eigenvalue weighted by Crippen LogP contribution is -2.42. The zero-order valence-electron chi connectivity index (χ0n) is 20.9. The van der Waals surface area contributed by atoms with Crippen LogP contribution in [0.4, 0.5) is 0 Å². The molecule has 0 bridgehead atoms. The van der Waals surface area contributed by atoms with Crippen molar-refractivity contribution in [3.05, 3.63) is 65.1 Å². The van der Waals surface area contributed by atoms with Gasteiger partial charge in [-0.3, -0.25) is 4.79 Å². The highest BCUT2D eigenvalue weighted by atomic mass is 35.5. The van der Waals surface area contributed by atoms with Crippen molar-refractivity contribution in [1.29, 1.82) is 0 Å². The quantitative estimate of drug-likeness (QED) is 0.302. The number of carbonyl (C=O) groups is 1. The number of ether oxygens (including phenoxy) is 3. The fourth-order valence-electron chi connectivity index (χ4n) is 4.04. The van der Waals surface area contributed by atoms with Gasteiger partial charge < -0.3 is 29.1 Å². The molecular weight excluding hydrogens is 494 g/mol. The van der Waals surface area contributed by atoms with Crippen LogP contribution in [-0.2, 0) is 4.74 Å². The molecule has 0 unspecified atom stereocenters. The Morgan fingerprint density at radius 2 is 1.86 bits per heavy atom. The predicted molar refractivity (Wildman–Crippen MR) is 140 cm³/mol. The minimum absolute atomic E-state index is 0.0775. The second-order valence-electron chi connectivity index (χ2n) is 9.04. The molecule has 3 aromatic heterocycles. The number of imidazole rings is 1. The Kier molecular flexibility index (Phi) is 7.16. The van der Waals surface area contributed by atoms with Gasteiger partial charge in [0.05, 0.1) is 17.9 Å². The molecule has 0 saturated carbocycles. The molecule has 192 valence electrons. The second kappa shape index (κ2) is 10.7. The lowest BCUT2D eigenvalue weighted by atomic mass is 10.1. The molecule has 1 aliphatic rings. The van der Waals surface area contributed by atoms with Gasteiger partial charge >= 0.3 is 0 Å². The first-order chi connectivity index (χ1) is 17.9. The van der Waals surface area contributed by atoms with Gasteiger partial charge in [0.15, 0.2) is 5.82 Å². The van der Waals surface area contributed by atoms with Gasteiger partial charge in [0.1, 0.15) is 22.6 Å². The van der Waals surface area contributed by atoms with E-state index in [1.807, 2.05) is 38.1 Å². The van der Waals surface area contributed by atoms with E-state index < -0.39 is 0 Å². The molecule has 10 heteroatoms. The summed E-state index contributed by atoms with van der Waals surface area (Å²) in [6.07, 6.45) is 4.12. The van der Waals surface area contributed by atoms with E-state index in [9.17, 15) is 4.79 Å². The summed E-state index contributed by atoms with van der Waals surface area (Å²) in [4.78, 5) is 29.6. The van der Waals surface area contributed by atoms with Crippen molar-refractivity contribution in [2.75, 3.05) is 26.8 Å². The fourth-order valence-corrected chi connectivity index (χ4v) is 4.24. The van der Waals surface area contributed by atoms with Crippen LogP contribution < -0.4 is 9.47 Å². The van der Waals surface area contributed by atoms with Gasteiger partial charge in [0.2, 0.25) is 5.88 Å². The second-order valence-corrected chi connectivity index (χ2v) is 9.44. The Bertz CT molecular complexity index is 1410. The highest BCUT2D eigenvalue weighted by Crippen LogP contribution is 2.35. The predicted octanol–water partition coefficient (Wildman–Crippen LogP) is 5.48. The van der Waals surface area contributed by atoms with E-state index in [2.05, 4.69) is 19.9 Å². The lowest BCUT2D eigenvalue weighted by Gasteiger charge is -2.30. The number of carbonyl (C=O) groups excluding carboxylic acids is 1. The van der Waals surface area contributed by atoms with Gasteiger partial charge in [-0.05, 0) is 50.6 Å². The van der Waals surface area contributed by atoms with Gasteiger partial charge in [-0.2, -0.15) is 0 Å². The summed E-state index contributed by atoms with van der Waals surface area (Å²) < 4.78 is 17.4. The van der Waals surface area contributed by atoms with Crippen molar-refractivity contribution in [2.24, 2.45) is 0 Å². The van der Waals surface area contributed by atoms with E-state index in [4.69, 9.17) is 25.8 Å². The maximum atomic E-state index is 12.5. The van der Waals surface area contributed by atoms with E-state index in [1.165, 1.54) is 6.20 Å². The molecule has 4 heterocycles. The number of pyridine rings is 1. The molecule has 0 spiro atoms. The number of halogens is 1. The van der Waals surface area contributed by atoms with Gasteiger partial charge in [0.25, 0.3) is 5.91 Å². The monoisotopic (exact) mass is 521 g/mol. The van der Waals surface area contributed by atoms with Gasteiger partial charge in [-0.15, -0.1) is 0 Å². The molecule has 0 aliphatic carbocycles. The SMILES string of the molecule is COC[C@H](C)Oc1cc(Oc2ncc(C(=O)N3CCC3)cc2Cl)cc(-c2ccc(-c3ncc(C)[nH]3)[nH]2)c1. The van der Waals surface area contributed by atoms with Crippen LogP contribution in [0.1, 0.15) is 29.4 Å². The topological polar surface area (TPSA) is 105 Å². The molecule has 0 radical (unpaired) electrons. The summed E-state index contributed by atoms with van der Waals surface area (Å²) in [6, 6.07) is 11.1. The van der Waals surface area contributed by atoms with Crippen molar-refractivity contribution < 1.29 is 19.0 Å². The van der Waals surface area contributed by atoms with Crippen LogP contribution in [0.15, 0.2) is 48.8 Å². The number of aryl methyl sites for hydroxylation is 1. The third kappa shape index (κ3) is 5.63. The van der Waals surface area contributed by atoms with Crippen LogP contribution in [0.25, 0.3) is 22.8 Å². The number of hydrogen-bond acceptors (Lipinski definition) is 6. The number of amides is 1. The summed E-state index contributed by atoms with van der Waals surface area (Å²) in [5, 5.41) is 0.252. The smallest absolute Gasteiger partial charge is 0.255 e. The highest BCUT2D eigenvalue weighted by molar-refractivity contribution is 6.32. The lowest BCUT2D eigenvalue weighted by molar-refractivity contribution is 0.0651. The average molecular weight is 522 g/mol. The van der Waals surface area contributed by atoms with Gasteiger partial charge in [0, 0.05) is 55.6 Å². The van der Waals surface area contributed by atoms with Crippen LogP contribution >= 0.6 is 11.6 Å². The number of aromatic amines is 2. The summed E-state index contributed by atoms with van der Waals surface area (Å²) in [7, 11) is 1.63. The normalized spacial score (nSPS) is 13.8. The fraction of sp³-hybridized carbons (Fsp3) is 0.296. The highest BCUT2D eigenvalue weighted by Gasteiger charge is 2.23. The first kappa shape index (κ1) is 24.9. The van der Waals surface area contributed by atoms with Crippen LogP contribution in [0.3, 0.4) is 0 Å². The Morgan fingerprint density at radius 3 is 2.54 bits per heavy atom. The average Bonchev–Trinajstić information content (AvgIpc) is 3.48. The Morgan fingerprint density at radius 1 is 1.08 bits per heavy atom. The van der Waals surface area contributed by atoms with Crippen molar-refractivity contribution >= 4 is 17.5 Å². The molecule has 4 aromatic rings. The largest absolute Gasteiger partial charge is 0.488 e. The molecule has 5 rings (SSSR count). The van der Waals surface area contributed by atoms with E-state index in [1.54, 1.807) is 30.3 Å². The number of likely N-dealkylation sites (tertiary alicyclic amines) is 1. The summed E-state index contributed by atoms with van der Waals surface area (Å²) in [5.41, 5.74) is 3.97. The molecular formula is C27H28ClN5O4. The van der Waals surface area contributed by atoms with Crippen molar-refractivity contribution in [3.63, 3.8) is 0 Å². The molecule has 1 amide bonds. The molecule has 9 nitrogen and oxygen atoms in total.